The Balaban J connectivity index is 2.17. The predicted molar refractivity (Wildman–Crippen MR) is 99.7 cm³/mol. The van der Waals surface area contributed by atoms with Crippen molar-refractivity contribution < 1.29 is 18.7 Å². The highest BCUT2D eigenvalue weighted by Crippen LogP contribution is 2.34. The zero-order valence-electron chi connectivity index (χ0n) is 15.6. The first-order valence-corrected chi connectivity index (χ1v) is 9.33. The quantitative estimate of drug-likeness (QED) is 0.825. The highest BCUT2D eigenvalue weighted by molar-refractivity contribution is 6.30. The van der Waals surface area contributed by atoms with Gasteiger partial charge in [-0.25, -0.2) is 9.18 Å². The smallest absolute Gasteiger partial charge is 0.410 e. The van der Waals surface area contributed by atoms with E-state index in [-0.39, 0.29) is 18.1 Å². The number of hydrogen-bond donors (Lipinski definition) is 1. The predicted octanol–water partition coefficient (Wildman–Crippen LogP) is 4.14. The van der Waals surface area contributed by atoms with E-state index < -0.39 is 11.4 Å². The Hall–Kier alpha value is -1.37. The number of amides is 1. The van der Waals surface area contributed by atoms with Gasteiger partial charge in [0.2, 0.25) is 0 Å². The number of benzene rings is 1. The second kappa shape index (κ2) is 9.02. The van der Waals surface area contributed by atoms with Gasteiger partial charge < -0.3 is 20.1 Å². The Labute approximate surface area is 159 Å². The van der Waals surface area contributed by atoms with Gasteiger partial charge in [0.1, 0.15) is 11.4 Å². The highest BCUT2D eigenvalue weighted by Gasteiger charge is 2.33. The molecule has 1 heterocycles. The minimum atomic E-state index is -0.546. The molecule has 0 spiro atoms. The summed E-state index contributed by atoms with van der Waals surface area (Å²) in [4.78, 5) is 14.1. The summed E-state index contributed by atoms with van der Waals surface area (Å²) in [6, 6.07) is 4.40. The second-order valence-electron chi connectivity index (χ2n) is 7.61. The number of ether oxygens (including phenoxy) is 2. The van der Waals surface area contributed by atoms with Gasteiger partial charge in [-0.3, -0.25) is 0 Å². The summed E-state index contributed by atoms with van der Waals surface area (Å²) in [5.74, 6) is -0.394. The molecule has 26 heavy (non-hydrogen) atoms. The molecule has 1 aliphatic rings. The molecule has 0 aromatic heterocycles. The molecule has 0 bridgehead atoms. The van der Waals surface area contributed by atoms with E-state index in [2.05, 4.69) is 0 Å². The van der Waals surface area contributed by atoms with Crippen molar-refractivity contribution >= 4 is 17.7 Å². The van der Waals surface area contributed by atoms with Crippen molar-refractivity contribution in [2.45, 2.75) is 45.3 Å². The summed E-state index contributed by atoms with van der Waals surface area (Å²) in [5, 5.41) is 0.321. The highest BCUT2D eigenvalue weighted by atomic mass is 35.5. The number of rotatable bonds is 5. The van der Waals surface area contributed by atoms with Gasteiger partial charge in [-0.05, 0) is 57.4 Å². The molecule has 7 heteroatoms. The van der Waals surface area contributed by atoms with Crippen molar-refractivity contribution in [3.05, 3.63) is 34.6 Å². The molecule has 1 aromatic rings. The zero-order chi connectivity index (χ0) is 19.3. The molecular formula is C19H28ClFN2O3. The number of nitrogens with two attached hydrogens (primary N) is 1. The van der Waals surface area contributed by atoms with Crippen LogP contribution in [0.3, 0.4) is 0 Å². The van der Waals surface area contributed by atoms with Crippen LogP contribution in [0.1, 0.15) is 45.3 Å². The van der Waals surface area contributed by atoms with Crippen molar-refractivity contribution in [3.63, 3.8) is 0 Å². The molecule has 2 rings (SSSR count). The number of carbonyl (C=O) groups is 1. The van der Waals surface area contributed by atoms with Crippen molar-refractivity contribution in [2.75, 3.05) is 26.2 Å². The third-order valence-electron chi connectivity index (χ3n) is 4.17. The van der Waals surface area contributed by atoms with Crippen molar-refractivity contribution in [3.8, 4) is 0 Å². The van der Waals surface area contributed by atoms with Crippen molar-refractivity contribution in [2.24, 2.45) is 11.7 Å². The van der Waals surface area contributed by atoms with Gasteiger partial charge in [0.15, 0.2) is 0 Å². The first kappa shape index (κ1) is 20.9. The zero-order valence-corrected chi connectivity index (χ0v) is 16.4. The monoisotopic (exact) mass is 386 g/mol. The lowest BCUT2D eigenvalue weighted by atomic mass is 9.88. The van der Waals surface area contributed by atoms with Gasteiger partial charge in [0.05, 0.1) is 12.7 Å². The van der Waals surface area contributed by atoms with Gasteiger partial charge in [-0.1, -0.05) is 11.6 Å². The second-order valence-corrected chi connectivity index (χ2v) is 8.05. The molecule has 1 aliphatic heterocycles. The number of nitrogens with zero attached hydrogens (tertiary/aromatic N) is 1. The third kappa shape index (κ3) is 6.11. The third-order valence-corrected chi connectivity index (χ3v) is 4.38. The van der Waals surface area contributed by atoms with E-state index in [1.54, 1.807) is 11.0 Å². The van der Waals surface area contributed by atoms with Crippen LogP contribution in [0.4, 0.5) is 9.18 Å². The summed E-state index contributed by atoms with van der Waals surface area (Å²) in [7, 11) is 0. The summed E-state index contributed by atoms with van der Waals surface area (Å²) in [6.07, 6.45) is 0.979. The Morgan fingerprint density at radius 1 is 1.42 bits per heavy atom. The van der Waals surface area contributed by atoms with Crippen LogP contribution in [0.2, 0.25) is 5.02 Å². The lowest BCUT2D eigenvalue weighted by Crippen LogP contribution is -2.44. The standard InChI is InChI=1S/C19H28ClFN2O3/c1-19(2,3)26-18(24)23-7-4-5-13(12-23)17(25-8-6-22)14-9-15(20)11-16(21)10-14/h9-11,13,17H,4-8,12,22H2,1-3H3. The molecule has 1 fully saturated rings. The van der Waals surface area contributed by atoms with E-state index >= 15 is 0 Å². The van der Waals surface area contributed by atoms with E-state index in [0.29, 0.717) is 36.8 Å². The van der Waals surface area contributed by atoms with Crippen LogP contribution in [0, 0.1) is 11.7 Å². The normalized spacial score (nSPS) is 19.3. The van der Waals surface area contributed by atoms with Gasteiger partial charge in [-0.2, -0.15) is 0 Å². The van der Waals surface area contributed by atoms with E-state index in [1.807, 2.05) is 20.8 Å². The van der Waals surface area contributed by atoms with Crippen LogP contribution in [0.5, 0.6) is 0 Å². The Kier molecular flexibility index (Phi) is 7.26. The van der Waals surface area contributed by atoms with E-state index in [0.717, 1.165) is 12.8 Å². The Morgan fingerprint density at radius 2 is 2.15 bits per heavy atom. The Morgan fingerprint density at radius 3 is 2.77 bits per heavy atom. The maximum atomic E-state index is 13.8. The summed E-state index contributed by atoms with van der Waals surface area (Å²) in [5.41, 5.74) is 5.70. The molecular weight excluding hydrogens is 359 g/mol. The average molecular weight is 387 g/mol. The molecule has 2 atom stereocenters. The molecule has 2 N–H and O–H groups in total. The van der Waals surface area contributed by atoms with E-state index in [1.165, 1.54) is 12.1 Å². The molecule has 5 nitrogen and oxygen atoms in total. The molecule has 0 radical (unpaired) electrons. The Bertz CT molecular complexity index is 601. The lowest BCUT2D eigenvalue weighted by Gasteiger charge is -2.37. The molecule has 146 valence electrons. The SMILES string of the molecule is CC(C)(C)OC(=O)N1CCCC(C(OCCN)c2cc(F)cc(Cl)c2)C1. The molecule has 2 unspecified atom stereocenters. The van der Waals surface area contributed by atoms with Crippen LogP contribution in [0.25, 0.3) is 0 Å². The summed E-state index contributed by atoms with van der Waals surface area (Å²) < 4.78 is 25.2. The fourth-order valence-corrected chi connectivity index (χ4v) is 3.42. The fraction of sp³-hybridized carbons (Fsp3) is 0.632. The van der Waals surface area contributed by atoms with E-state index in [4.69, 9.17) is 26.8 Å². The average Bonchev–Trinajstić information content (AvgIpc) is 2.53. The number of halogens is 2. The van der Waals surface area contributed by atoms with Crippen LogP contribution < -0.4 is 5.73 Å². The minimum Gasteiger partial charge on any atom is -0.444 e. The molecule has 1 amide bonds. The minimum absolute atomic E-state index is 0.0145. The maximum Gasteiger partial charge on any atom is 0.410 e. The topological polar surface area (TPSA) is 64.8 Å². The van der Waals surface area contributed by atoms with Gasteiger partial charge in [0.25, 0.3) is 0 Å². The lowest BCUT2D eigenvalue weighted by molar-refractivity contribution is -0.0234. The van der Waals surface area contributed by atoms with Gasteiger partial charge >= 0.3 is 6.09 Å². The molecule has 0 saturated carbocycles. The first-order valence-electron chi connectivity index (χ1n) is 8.95. The molecule has 1 aromatic carbocycles. The van der Waals surface area contributed by atoms with Gasteiger partial charge in [-0.15, -0.1) is 0 Å². The van der Waals surface area contributed by atoms with Crippen LogP contribution in [0.15, 0.2) is 18.2 Å². The maximum absolute atomic E-state index is 13.8. The first-order chi connectivity index (χ1) is 12.2. The van der Waals surface area contributed by atoms with Crippen LogP contribution in [-0.2, 0) is 9.47 Å². The largest absolute Gasteiger partial charge is 0.444 e. The number of likely N-dealkylation sites (tertiary alicyclic amines) is 1. The summed E-state index contributed by atoms with van der Waals surface area (Å²) in [6.45, 7) is 7.36. The number of piperidine rings is 1. The number of hydrogen-bond acceptors (Lipinski definition) is 4. The van der Waals surface area contributed by atoms with E-state index in [9.17, 15) is 9.18 Å². The van der Waals surface area contributed by atoms with Crippen molar-refractivity contribution in [1.82, 2.24) is 4.90 Å². The number of carbonyl (C=O) groups excluding carboxylic acids is 1. The summed E-state index contributed by atoms with van der Waals surface area (Å²) >= 11 is 6.01. The van der Waals surface area contributed by atoms with Gasteiger partial charge in [0, 0.05) is 30.6 Å². The molecule has 1 saturated heterocycles. The fourth-order valence-electron chi connectivity index (χ4n) is 3.19. The van der Waals surface area contributed by atoms with Crippen LogP contribution >= 0.6 is 11.6 Å². The van der Waals surface area contributed by atoms with Crippen molar-refractivity contribution in [1.29, 1.82) is 0 Å². The molecule has 0 aliphatic carbocycles. The van der Waals surface area contributed by atoms with Crippen LogP contribution in [-0.4, -0.2) is 42.8 Å².